The maximum atomic E-state index is 12.6. The molecule has 0 radical (unpaired) electrons. The van der Waals surface area contributed by atoms with Crippen LogP contribution in [0.2, 0.25) is 0 Å². The Balaban J connectivity index is 2.10. The summed E-state index contributed by atoms with van der Waals surface area (Å²) in [6, 6.07) is 7.01. The molecule has 1 unspecified atom stereocenters. The highest BCUT2D eigenvalue weighted by Crippen LogP contribution is 2.36. The molecular weight excluding hydrogens is 278 g/mol. The van der Waals surface area contributed by atoms with E-state index in [9.17, 15) is 13.5 Å². The smallest absolute Gasteiger partial charge is 0.281 e. The lowest BCUT2D eigenvalue weighted by Crippen LogP contribution is -2.36. The van der Waals surface area contributed by atoms with Crippen molar-refractivity contribution in [2.45, 2.75) is 24.5 Å². The third-order valence-electron chi connectivity index (χ3n) is 3.42. The molecule has 1 aromatic carbocycles. The summed E-state index contributed by atoms with van der Waals surface area (Å²) in [5.74, 6) is 0.550. The zero-order chi connectivity index (χ0) is 14.3. The normalized spacial score (nSPS) is 18.9. The van der Waals surface area contributed by atoms with Crippen LogP contribution in [0, 0.1) is 6.92 Å². The topological polar surface area (TPSA) is 86.3 Å². The van der Waals surface area contributed by atoms with Crippen LogP contribution in [0.3, 0.4) is 0 Å². The monoisotopic (exact) mass is 293 g/mol. The zero-order valence-corrected chi connectivity index (χ0v) is 11.8. The first-order valence-electron chi connectivity index (χ1n) is 6.31. The highest BCUT2D eigenvalue weighted by molar-refractivity contribution is 7.92. The Kier molecular flexibility index (Phi) is 3.02. The Morgan fingerprint density at radius 1 is 1.40 bits per heavy atom. The van der Waals surface area contributed by atoms with Gasteiger partial charge in [0.15, 0.2) is 5.03 Å². The van der Waals surface area contributed by atoms with Crippen molar-refractivity contribution >= 4 is 15.7 Å². The van der Waals surface area contributed by atoms with Crippen molar-refractivity contribution < 1.29 is 13.5 Å². The van der Waals surface area contributed by atoms with Crippen LogP contribution in [0.15, 0.2) is 35.5 Å². The summed E-state index contributed by atoms with van der Waals surface area (Å²) in [6.45, 7) is 1.95. The number of nitrogens with one attached hydrogen (secondary N) is 1. The number of sulfonamides is 1. The Morgan fingerprint density at radius 2 is 2.15 bits per heavy atom. The molecule has 0 bridgehead atoms. The summed E-state index contributed by atoms with van der Waals surface area (Å²) in [5, 5.41) is 10.0. The molecule has 0 spiro atoms. The summed E-state index contributed by atoms with van der Waals surface area (Å²) in [7, 11) is -3.67. The number of para-hydroxylation sites is 1. The van der Waals surface area contributed by atoms with Gasteiger partial charge in [0.1, 0.15) is 5.82 Å². The van der Waals surface area contributed by atoms with Gasteiger partial charge >= 0.3 is 0 Å². The van der Waals surface area contributed by atoms with Gasteiger partial charge in [-0.3, -0.25) is 4.31 Å². The molecule has 7 heteroatoms. The molecule has 0 fully saturated rings. The predicted molar refractivity (Wildman–Crippen MR) is 73.9 cm³/mol. The quantitative estimate of drug-likeness (QED) is 0.875. The van der Waals surface area contributed by atoms with E-state index in [2.05, 4.69) is 9.97 Å². The molecule has 1 aliphatic rings. The van der Waals surface area contributed by atoms with E-state index in [1.807, 2.05) is 0 Å². The number of H-pyrrole nitrogens is 1. The van der Waals surface area contributed by atoms with Gasteiger partial charge < -0.3 is 10.1 Å². The molecule has 0 amide bonds. The van der Waals surface area contributed by atoms with E-state index >= 15 is 0 Å². The van der Waals surface area contributed by atoms with E-state index in [0.29, 0.717) is 23.5 Å². The third-order valence-corrected chi connectivity index (χ3v) is 5.14. The first-order valence-corrected chi connectivity index (χ1v) is 7.75. The van der Waals surface area contributed by atoms with Gasteiger partial charge in [-0.2, -0.15) is 8.42 Å². The molecule has 20 heavy (non-hydrogen) atoms. The molecule has 1 aromatic heterocycles. The van der Waals surface area contributed by atoms with Gasteiger partial charge in [0.05, 0.1) is 18.0 Å². The standard InChI is InChI=1S/C13H15N3O3S/c1-9-14-8-13(15-9)20(18,19)16-7-6-12(17)10-4-2-3-5-11(10)16/h2-5,8,12,17H,6-7H2,1H3,(H,14,15). The van der Waals surface area contributed by atoms with E-state index in [0.717, 1.165) is 0 Å². The van der Waals surface area contributed by atoms with Crippen molar-refractivity contribution in [3.05, 3.63) is 41.9 Å². The molecule has 0 aliphatic carbocycles. The number of rotatable bonds is 2. The maximum Gasteiger partial charge on any atom is 0.281 e. The minimum absolute atomic E-state index is 0.0705. The average Bonchev–Trinajstić information content (AvgIpc) is 2.87. The number of aromatic amines is 1. The average molecular weight is 293 g/mol. The summed E-state index contributed by atoms with van der Waals surface area (Å²) in [5.41, 5.74) is 1.16. The van der Waals surface area contributed by atoms with Crippen LogP contribution < -0.4 is 4.31 Å². The molecule has 106 valence electrons. The molecule has 0 saturated heterocycles. The summed E-state index contributed by atoms with van der Waals surface area (Å²) in [6.07, 6.45) is 1.07. The summed E-state index contributed by atoms with van der Waals surface area (Å²) < 4.78 is 26.6. The first kappa shape index (κ1) is 13.1. The number of aryl methyl sites for hydroxylation is 1. The number of fused-ring (bicyclic) bond motifs is 1. The lowest BCUT2D eigenvalue weighted by Gasteiger charge is -2.32. The van der Waals surface area contributed by atoms with E-state index in [4.69, 9.17) is 0 Å². The van der Waals surface area contributed by atoms with Gasteiger partial charge in [-0.05, 0) is 19.4 Å². The Hall–Kier alpha value is -1.86. The fourth-order valence-corrected chi connectivity index (χ4v) is 3.88. The third kappa shape index (κ3) is 1.99. The predicted octanol–water partition coefficient (Wildman–Crippen LogP) is 1.35. The molecule has 0 saturated carbocycles. The number of anilines is 1. The first-order chi connectivity index (χ1) is 9.50. The van der Waals surface area contributed by atoms with Crippen LogP contribution >= 0.6 is 0 Å². The van der Waals surface area contributed by atoms with Crippen LogP contribution in [0.4, 0.5) is 5.69 Å². The summed E-state index contributed by atoms with van der Waals surface area (Å²) in [4.78, 5) is 6.69. The molecule has 2 aromatic rings. The highest BCUT2D eigenvalue weighted by Gasteiger charge is 2.33. The van der Waals surface area contributed by atoms with Crippen molar-refractivity contribution in [2.24, 2.45) is 0 Å². The van der Waals surface area contributed by atoms with Crippen LogP contribution in [0.25, 0.3) is 0 Å². The number of aliphatic hydroxyl groups is 1. The molecule has 2 heterocycles. The van der Waals surface area contributed by atoms with Gasteiger partial charge in [-0.25, -0.2) is 4.98 Å². The molecular formula is C13H15N3O3S. The van der Waals surface area contributed by atoms with E-state index in [1.165, 1.54) is 10.5 Å². The second-order valence-electron chi connectivity index (χ2n) is 4.77. The molecule has 2 N–H and O–H groups in total. The number of aliphatic hydroxyl groups excluding tert-OH is 1. The Labute approximate surface area is 117 Å². The maximum absolute atomic E-state index is 12.6. The zero-order valence-electron chi connectivity index (χ0n) is 10.9. The fourth-order valence-electron chi connectivity index (χ4n) is 2.41. The second-order valence-corrected chi connectivity index (χ2v) is 6.60. The van der Waals surface area contributed by atoms with Crippen molar-refractivity contribution in [1.82, 2.24) is 9.97 Å². The van der Waals surface area contributed by atoms with Gasteiger partial charge in [0.2, 0.25) is 0 Å². The number of imidazole rings is 1. The molecule has 6 nitrogen and oxygen atoms in total. The Bertz CT molecular complexity index is 739. The number of benzene rings is 1. The largest absolute Gasteiger partial charge is 0.388 e. The number of hydrogen-bond acceptors (Lipinski definition) is 4. The second kappa shape index (κ2) is 4.60. The van der Waals surface area contributed by atoms with Crippen LogP contribution in [0.5, 0.6) is 0 Å². The minimum Gasteiger partial charge on any atom is -0.388 e. The van der Waals surface area contributed by atoms with Crippen molar-refractivity contribution in [3.8, 4) is 0 Å². The van der Waals surface area contributed by atoms with E-state index in [-0.39, 0.29) is 11.6 Å². The summed E-state index contributed by atoms with van der Waals surface area (Å²) >= 11 is 0. The molecule has 1 atom stereocenters. The minimum atomic E-state index is -3.67. The number of aromatic nitrogens is 2. The van der Waals surface area contributed by atoms with E-state index in [1.54, 1.807) is 31.2 Å². The van der Waals surface area contributed by atoms with E-state index < -0.39 is 16.1 Å². The van der Waals surface area contributed by atoms with Gasteiger partial charge in [0.25, 0.3) is 10.0 Å². The van der Waals surface area contributed by atoms with Crippen LogP contribution in [0.1, 0.15) is 23.9 Å². The van der Waals surface area contributed by atoms with Gasteiger partial charge in [-0.1, -0.05) is 18.2 Å². The molecule has 1 aliphatic heterocycles. The number of nitrogens with zero attached hydrogens (tertiary/aromatic N) is 2. The Morgan fingerprint density at radius 3 is 2.85 bits per heavy atom. The number of hydrogen-bond donors (Lipinski definition) is 2. The van der Waals surface area contributed by atoms with Crippen LogP contribution in [-0.4, -0.2) is 30.0 Å². The van der Waals surface area contributed by atoms with Gasteiger partial charge in [-0.15, -0.1) is 0 Å². The van der Waals surface area contributed by atoms with Crippen molar-refractivity contribution in [1.29, 1.82) is 0 Å². The lowest BCUT2D eigenvalue weighted by atomic mass is 10.0. The molecule has 3 rings (SSSR count). The van der Waals surface area contributed by atoms with Crippen molar-refractivity contribution in [3.63, 3.8) is 0 Å². The van der Waals surface area contributed by atoms with Crippen LogP contribution in [-0.2, 0) is 10.0 Å². The van der Waals surface area contributed by atoms with Gasteiger partial charge in [0, 0.05) is 12.1 Å². The SMILES string of the molecule is Cc1ncc(S(=O)(=O)N2CCC(O)c3ccccc32)[nH]1. The lowest BCUT2D eigenvalue weighted by molar-refractivity contribution is 0.166. The van der Waals surface area contributed by atoms with Crippen molar-refractivity contribution in [2.75, 3.05) is 10.8 Å². The highest BCUT2D eigenvalue weighted by atomic mass is 32.2. The fraction of sp³-hybridized carbons (Fsp3) is 0.308.